The summed E-state index contributed by atoms with van der Waals surface area (Å²) in [5.74, 6) is -0.501. The van der Waals surface area contributed by atoms with Gasteiger partial charge in [-0.3, -0.25) is 14.8 Å². The van der Waals surface area contributed by atoms with Gasteiger partial charge in [0.1, 0.15) is 0 Å². The van der Waals surface area contributed by atoms with Crippen LogP contribution >= 0.6 is 0 Å². The van der Waals surface area contributed by atoms with Gasteiger partial charge in [-0.15, -0.1) is 0 Å². The third kappa shape index (κ3) is 5.69. The quantitative estimate of drug-likeness (QED) is 0.534. The monoisotopic (exact) mass is 456 g/mol. The van der Waals surface area contributed by atoms with Gasteiger partial charge in [-0.1, -0.05) is 6.07 Å². The lowest BCUT2D eigenvalue weighted by Crippen LogP contribution is -2.39. The summed E-state index contributed by atoms with van der Waals surface area (Å²) >= 11 is 0. The van der Waals surface area contributed by atoms with Crippen molar-refractivity contribution in [2.45, 2.75) is 31.9 Å². The van der Waals surface area contributed by atoms with Crippen molar-refractivity contribution in [2.75, 3.05) is 30.4 Å². The summed E-state index contributed by atoms with van der Waals surface area (Å²) in [6, 6.07) is 15.9. The van der Waals surface area contributed by atoms with Crippen molar-refractivity contribution >= 4 is 17.3 Å². The maximum absolute atomic E-state index is 12.0. The maximum Gasteiger partial charge on any atom is 0.252 e. The summed E-state index contributed by atoms with van der Waals surface area (Å²) in [5, 5.41) is 12.5. The second kappa shape index (κ2) is 10.8. The fourth-order valence-electron chi connectivity index (χ4n) is 4.16. The number of pyridine rings is 2. The molecule has 174 valence electrons. The second-order valence-electron chi connectivity index (χ2n) is 8.42. The zero-order valence-electron chi connectivity index (χ0n) is 19.2. The normalized spacial score (nSPS) is 13.9. The predicted molar refractivity (Wildman–Crippen MR) is 131 cm³/mol. The van der Waals surface area contributed by atoms with Gasteiger partial charge < -0.3 is 20.7 Å². The Hall–Kier alpha value is -3.96. The number of nitrogens with zero attached hydrogens (tertiary/aromatic N) is 4. The highest BCUT2D eigenvalue weighted by Gasteiger charge is 2.21. The third-order valence-corrected chi connectivity index (χ3v) is 6.00. The Morgan fingerprint density at radius 1 is 1.15 bits per heavy atom. The number of carbonyl (C=O) groups is 1. The van der Waals surface area contributed by atoms with Gasteiger partial charge in [-0.2, -0.15) is 5.26 Å². The number of primary amides is 1. The Kier molecular flexibility index (Phi) is 7.35. The van der Waals surface area contributed by atoms with E-state index in [0.29, 0.717) is 29.8 Å². The third-order valence-electron chi connectivity index (χ3n) is 6.00. The predicted octanol–water partition coefficient (Wildman–Crippen LogP) is 3.27. The van der Waals surface area contributed by atoms with Crippen molar-refractivity contribution < 1.29 is 9.53 Å². The van der Waals surface area contributed by atoms with Crippen LogP contribution in [-0.2, 0) is 17.8 Å². The molecule has 3 heterocycles. The molecule has 0 atom stereocenters. The van der Waals surface area contributed by atoms with Gasteiger partial charge in [-0.25, -0.2) is 0 Å². The van der Waals surface area contributed by atoms with Crippen molar-refractivity contribution in [3.8, 4) is 6.07 Å². The van der Waals surface area contributed by atoms with Gasteiger partial charge in [0.05, 0.1) is 29.5 Å². The maximum atomic E-state index is 12.0. The average Bonchev–Trinajstić information content (AvgIpc) is 2.86. The van der Waals surface area contributed by atoms with E-state index in [1.165, 1.54) is 0 Å². The van der Waals surface area contributed by atoms with E-state index in [9.17, 15) is 4.79 Å². The highest BCUT2D eigenvalue weighted by molar-refractivity contribution is 5.98. The van der Waals surface area contributed by atoms with Crippen LogP contribution in [0.4, 0.5) is 11.4 Å². The van der Waals surface area contributed by atoms with Crippen LogP contribution in [0.1, 0.15) is 45.7 Å². The summed E-state index contributed by atoms with van der Waals surface area (Å²) in [4.78, 5) is 23.2. The largest absolute Gasteiger partial charge is 0.381 e. The molecule has 0 saturated carbocycles. The van der Waals surface area contributed by atoms with E-state index in [-0.39, 0.29) is 6.04 Å². The van der Waals surface area contributed by atoms with E-state index < -0.39 is 5.91 Å². The number of amides is 1. The molecule has 2 aromatic heterocycles. The van der Waals surface area contributed by atoms with Crippen molar-refractivity contribution in [3.63, 3.8) is 0 Å². The van der Waals surface area contributed by atoms with Crippen LogP contribution in [0.15, 0.2) is 54.9 Å². The molecule has 3 aromatic rings. The number of piperidine rings is 1. The molecule has 1 aromatic carbocycles. The number of rotatable bonds is 8. The minimum absolute atomic E-state index is 0.217. The Labute approximate surface area is 199 Å². The van der Waals surface area contributed by atoms with Crippen molar-refractivity contribution in [3.05, 3.63) is 82.9 Å². The molecule has 0 bridgehead atoms. The molecule has 8 heteroatoms. The van der Waals surface area contributed by atoms with Gasteiger partial charge in [0.25, 0.3) is 5.91 Å². The molecule has 1 saturated heterocycles. The first kappa shape index (κ1) is 23.2. The molecular formula is C26H28N6O2. The van der Waals surface area contributed by atoms with Gasteiger partial charge >= 0.3 is 0 Å². The number of ether oxygens (including phenoxy) is 1. The number of methoxy groups -OCH3 is 1. The van der Waals surface area contributed by atoms with Crippen LogP contribution in [0.5, 0.6) is 0 Å². The smallest absolute Gasteiger partial charge is 0.252 e. The number of nitrogens with two attached hydrogens (primary N) is 1. The van der Waals surface area contributed by atoms with Gasteiger partial charge in [-0.05, 0) is 54.8 Å². The van der Waals surface area contributed by atoms with Crippen LogP contribution in [0.25, 0.3) is 0 Å². The summed E-state index contributed by atoms with van der Waals surface area (Å²) in [5.41, 5.74) is 11.2. The van der Waals surface area contributed by atoms with E-state index in [4.69, 9.17) is 15.7 Å². The van der Waals surface area contributed by atoms with E-state index >= 15 is 0 Å². The molecule has 1 amide bonds. The fraction of sp³-hybridized carbons (Fsp3) is 0.308. The molecule has 0 aliphatic carbocycles. The van der Waals surface area contributed by atoms with E-state index in [0.717, 1.165) is 48.6 Å². The first-order valence-corrected chi connectivity index (χ1v) is 11.3. The summed E-state index contributed by atoms with van der Waals surface area (Å²) < 4.78 is 5.13. The van der Waals surface area contributed by atoms with Crippen LogP contribution < -0.4 is 16.0 Å². The summed E-state index contributed by atoms with van der Waals surface area (Å²) in [6.45, 7) is 2.28. The number of hydrogen-bond donors (Lipinski definition) is 2. The lowest BCUT2D eigenvalue weighted by Gasteiger charge is -2.34. The van der Waals surface area contributed by atoms with Crippen molar-refractivity contribution in [1.82, 2.24) is 9.97 Å². The molecular weight excluding hydrogens is 428 g/mol. The zero-order chi connectivity index (χ0) is 23.9. The minimum Gasteiger partial charge on any atom is -0.381 e. The Morgan fingerprint density at radius 2 is 1.88 bits per heavy atom. The zero-order valence-corrected chi connectivity index (χ0v) is 19.2. The Balaban J connectivity index is 1.42. The number of nitrogens with one attached hydrogen (secondary N) is 1. The SMILES string of the molecule is COCc1ccc(Cc2cc(NC3CCN(c4ccc(C#N)cc4)CC3)c(C(N)=O)cn2)nc1. The van der Waals surface area contributed by atoms with Gasteiger partial charge in [0.2, 0.25) is 0 Å². The molecule has 3 N–H and O–H groups in total. The summed E-state index contributed by atoms with van der Waals surface area (Å²) in [6.07, 6.45) is 5.73. The van der Waals surface area contributed by atoms with Gasteiger partial charge in [0.15, 0.2) is 0 Å². The molecule has 34 heavy (non-hydrogen) atoms. The van der Waals surface area contributed by atoms with Crippen LogP contribution in [-0.4, -0.2) is 42.1 Å². The van der Waals surface area contributed by atoms with Gasteiger partial charge in [0, 0.05) is 62.1 Å². The number of carbonyl (C=O) groups excluding carboxylic acids is 1. The van der Waals surface area contributed by atoms with Crippen LogP contribution in [0.2, 0.25) is 0 Å². The number of hydrogen-bond acceptors (Lipinski definition) is 7. The molecule has 4 rings (SSSR count). The van der Waals surface area contributed by atoms with Crippen LogP contribution in [0, 0.1) is 11.3 Å². The lowest BCUT2D eigenvalue weighted by atomic mass is 10.0. The molecule has 0 radical (unpaired) electrons. The first-order chi connectivity index (χ1) is 16.6. The molecule has 1 aliphatic rings. The topological polar surface area (TPSA) is 117 Å². The van der Waals surface area contributed by atoms with E-state index in [1.54, 1.807) is 19.5 Å². The van der Waals surface area contributed by atoms with E-state index in [2.05, 4.69) is 26.3 Å². The highest BCUT2D eigenvalue weighted by Crippen LogP contribution is 2.25. The summed E-state index contributed by atoms with van der Waals surface area (Å²) in [7, 11) is 1.66. The number of anilines is 2. The molecule has 1 aliphatic heterocycles. The highest BCUT2D eigenvalue weighted by atomic mass is 16.5. The van der Waals surface area contributed by atoms with E-state index in [1.807, 2.05) is 42.5 Å². The minimum atomic E-state index is -0.501. The number of nitriles is 1. The Morgan fingerprint density at radius 3 is 2.50 bits per heavy atom. The first-order valence-electron chi connectivity index (χ1n) is 11.3. The van der Waals surface area contributed by atoms with Crippen LogP contribution in [0.3, 0.4) is 0 Å². The van der Waals surface area contributed by atoms with Crippen molar-refractivity contribution in [1.29, 1.82) is 5.26 Å². The fourth-order valence-corrected chi connectivity index (χ4v) is 4.16. The van der Waals surface area contributed by atoms with Crippen molar-refractivity contribution in [2.24, 2.45) is 5.73 Å². The molecule has 1 fully saturated rings. The second-order valence-corrected chi connectivity index (χ2v) is 8.42. The molecule has 0 spiro atoms. The lowest BCUT2D eigenvalue weighted by molar-refractivity contribution is 0.100. The average molecular weight is 457 g/mol. The number of aromatic nitrogens is 2. The standard InChI is InChI=1S/C26H28N6O2/c1-34-17-19-2-5-21(29-15-19)12-22-13-25(24(16-30-22)26(28)33)31-20-8-10-32(11-9-20)23-6-3-18(14-27)4-7-23/h2-7,13,15-16,20H,8-12,17H2,1H3,(H2,28,33)(H,30,31). The Bertz CT molecular complexity index is 1160. The number of benzene rings is 1. The molecule has 0 unspecified atom stereocenters. The molecule has 8 nitrogen and oxygen atoms in total.